The highest BCUT2D eigenvalue weighted by Crippen LogP contribution is 2.27. The lowest BCUT2D eigenvalue weighted by Gasteiger charge is -2.09. The SMILES string of the molecule is Cc1ccc(-c2nc(N)c(Br)c(CC(C)C)n2)o1. The predicted molar refractivity (Wildman–Crippen MR) is 75.1 cm³/mol. The topological polar surface area (TPSA) is 64.9 Å². The van der Waals surface area contributed by atoms with Crippen LogP contribution in [0.5, 0.6) is 0 Å². The van der Waals surface area contributed by atoms with Crippen LogP contribution >= 0.6 is 15.9 Å². The van der Waals surface area contributed by atoms with Crippen LogP contribution in [0.2, 0.25) is 0 Å². The van der Waals surface area contributed by atoms with Crippen LogP contribution in [0.3, 0.4) is 0 Å². The van der Waals surface area contributed by atoms with Crippen molar-refractivity contribution in [3.05, 3.63) is 28.1 Å². The molecule has 0 aromatic carbocycles. The summed E-state index contributed by atoms with van der Waals surface area (Å²) in [6.07, 6.45) is 0.847. The Kier molecular flexibility index (Phi) is 3.71. The van der Waals surface area contributed by atoms with E-state index in [4.69, 9.17) is 10.2 Å². The fourth-order valence-corrected chi connectivity index (χ4v) is 2.04. The predicted octanol–water partition coefficient (Wildman–Crippen LogP) is 3.59. The highest BCUT2D eigenvalue weighted by Gasteiger charge is 2.14. The van der Waals surface area contributed by atoms with Crippen LogP contribution in [-0.4, -0.2) is 9.97 Å². The van der Waals surface area contributed by atoms with E-state index in [-0.39, 0.29) is 0 Å². The number of rotatable bonds is 3. The van der Waals surface area contributed by atoms with Gasteiger partial charge in [0.15, 0.2) is 11.6 Å². The summed E-state index contributed by atoms with van der Waals surface area (Å²) >= 11 is 3.44. The molecule has 0 bridgehead atoms. The Bertz CT molecular complexity index is 563. The maximum atomic E-state index is 5.90. The minimum Gasteiger partial charge on any atom is -0.458 e. The van der Waals surface area contributed by atoms with Crippen molar-refractivity contribution >= 4 is 21.7 Å². The van der Waals surface area contributed by atoms with E-state index in [1.54, 1.807) is 0 Å². The second kappa shape index (κ2) is 5.10. The van der Waals surface area contributed by atoms with Crippen LogP contribution in [0.25, 0.3) is 11.6 Å². The number of hydrogen-bond donors (Lipinski definition) is 1. The molecule has 4 nitrogen and oxygen atoms in total. The van der Waals surface area contributed by atoms with Crippen LogP contribution in [-0.2, 0) is 6.42 Å². The molecule has 2 aromatic rings. The largest absolute Gasteiger partial charge is 0.458 e. The number of nitrogen functional groups attached to an aromatic ring is 1. The average Bonchev–Trinajstić information content (AvgIpc) is 2.70. The van der Waals surface area contributed by atoms with Gasteiger partial charge in [0.05, 0.1) is 10.2 Å². The summed E-state index contributed by atoms with van der Waals surface area (Å²) in [4.78, 5) is 8.78. The van der Waals surface area contributed by atoms with E-state index in [0.717, 1.165) is 22.3 Å². The van der Waals surface area contributed by atoms with Gasteiger partial charge in [-0.1, -0.05) is 13.8 Å². The molecule has 0 atom stereocenters. The van der Waals surface area contributed by atoms with Gasteiger partial charge in [0.1, 0.15) is 11.6 Å². The van der Waals surface area contributed by atoms with E-state index in [1.165, 1.54) is 0 Å². The molecule has 0 aliphatic heterocycles. The van der Waals surface area contributed by atoms with Crippen LogP contribution in [0.4, 0.5) is 5.82 Å². The van der Waals surface area contributed by atoms with Crippen LogP contribution < -0.4 is 5.73 Å². The van der Waals surface area contributed by atoms with Crippen LogP contribution in [0.1, 0.15) is 25.3 Å². The standard InChI is InChI=1S/C13H16BrN3O/c1-7(2)6-9-11(14)12(15)17-13(16-9)10-5-4-8(3)18-10/h4-5,7H,6H2,1-3H3,(H2,15,16,17). The fraction of sp³-hybridized carbons (Fsp3) is 0.385. The van der Waals surface area contributed by atoms with E-state index < -0.39 is 0 Å². The Hall–Kier alpha value is -1.36. The van der Waals surface area contributed by atoms with Gasteiger partial charge in [0, 0.05) is 0 Å². The molecule has 0 radical (unpaired) electrons. The zero-order valence-electron chi connectivity index (χ0n) is 10.7. The lowest BCUT2D eigenvalue weighted by molar-refractivity contribution is 0.543. The molecule has 2 aromatic heterocycles. The van der Waals surface area contributed by atoms with E-state index >= 15 is 0 Å². The summed E-state index contributed by atoms with van der Waals surface area (Å²) < 4.78 is 6.31. The number of anilines is 1. The van der Waals surface area contributed by atoms with Crippen molar-refractivity contribution in [2.24, 2.45) is 5.92 Å². The molecule has 0 amide bonds. The quantitative estimate of drug-likeness (QED) is 0.941. The van der Waals surface area contributed by atoms with Crippen molar-refractivity contribution in [2.45, 2.75) is 27.2 Å². The number of halogens is 1. The van der Waals surface area contributed by atoms with Crippen molar-refractivity contribution in [1.29, 1.82) is 0 Å². The summed E-state index contributed by atoms with van der Waals surface area (Å²) in [6, 6.07) is 3.75. The van der Waals surface area contributed by atoms with E-state index in [0.29, 0.717) is 23.3 Å². The Morgan fingerprint density at radius 1 is 1.33 bits per heavy atom. The van der Waals surface area contributed by atoms with Crippen molar-refractivity contribution in [3.63, 3.8) is 0 Å². The minimum absolute atomic E-state index is 0.449. The highest BCUT2D eigenvalue weighted by atomic mass is 79.9. The number of hydrogen-bond acceptors (Lipinski definition) is 4. The molecule has 2 rings (SSSR count). The normalized spacial score (nSPS) is 11.2. The molecule has 0 aliphatic carbocycles. The Labute approximate surface area is 115 Å². The van der Waals surface area contributed by atoms with Gasteiger partial charge < -0.3 is 10.2 Å². The second-order valence-corrected chi connectivity index (χ2v) is 5.49. The van der Waals surface area contributed by atoms with E-state index in [9.17, 15) is 0 Å². The lowest BCUT2D eigenvalue weighted by Crippen LogP contribution is -2.05. The third-order valence-electron chi connectivity index (χ3n) is 2.51. The average molecular weight is 310 g/mol. The number of aromatic nitrogens is 2. The van der Waals surface area contributed by atoms with Gasteiger partial charge >= 0.3 is 0 Å². The number of nitrogens with zero attached hydrogens (tertiary/aromatic N) is 2. The molecule has 0 aliphatic rings. The second-order valence-electron chi connectivity index (χ2n) is 4.70. The molecular weight excluding hydrogens is 294 g/mol. The summed E-state index contributed by atoms with van der Waals surface area (Å²) in [5.74, 6) is 2.98. The number of aryl methyl sites for hydroxylation is 1. The molecule has 0 saturated carbocycles. The number of furan rings is 1. The highest BCUT2D eigenvalue weighted by molar-refractivity contribution is 9.10. The molecule has 0 saturated heterocycles. The number of nitrogens with two attached hydrogens (primary N) is 1. The third kappa shape index (κ3) is 2.72. The van der Waals surface area contributed by atoms with Gasteiger partial charge in [-0.15, -0.1) is 0 Å². The molecule has 0 unspecified atom stereocenters. The van der Waals surface area contributed by atoms with Crippen LogP contribution in [0.15, 0.2) is 21.0 Å². The maximum Gasteiger partial charge on any atom is 0.197 e. The third-order valence-corrected chi connectivity index (χ3v) is 3.37. The maximum absolute atomic E-state index is 5.90. The molecule has 0 fully saturated rings. The van der Waals surface area contributed by atoms with E-state index in [1.807, 2.05) is 19.1 Å². The van der Waals surface area contributed by atoms with Crippen molar-refractivity contribution < 1.29 is 4.42 Å². The first-order valence-electron chi connectivity index (χ1n) is 5.86. The molecule has 0 spiro atoms. The summed E-state index contributed by atoms with van der Waals surface area (Å²) in [5, 5.41) is 0. The molecule has 18 heavy (non-hydrogen) atoms. The summed E-state index contributed by atoms with van der Waals surface area (Å²) in [6.45, 7) is 6.17. The Morgan fingerprint density at radius 2 is 2.06 bits per heavy atom. The molecule has 5 heteroatoms. The van der Waals surface area contributed by atoms with Crippen molar-refractivity contribution in [3.8, 4) is 11.6 Å². The first-order valence-corrected chi connectivity index (χ1v) is 6.65. The zero-order chi connectivity index (χ0) is 13.3. The van der Waals surface area contributed by atoms with Gasteiger partial charge in [-0.25, -0.2) is 9.97 Å². The van der Waals surface area contributed by atoms with E-state index in [2.05, 4.69) is 39.7 Å². The Morgan fingerprint density at radius 3 is 2.61 bits per heavy atom. The summed E-state index contributed by atoms with van der Waals surface area (Å²) in [7, 11) is 0. The van der Waals surface area contributed by atoms with Gasteiger partial charge in [-0.05, 0) is 47.3 Å². The van der Waals surface area contributed by atoms with Gasteiger partial charge in [0.2, 0.25) is 0 Å². The van der Waals surface area contributed by atoms with Gasteiger partial charge in [0.25, 0.3) is 0 Å². The van der Waals surface area contributed by atoms with Crippen molar-refractivity contribution in [1.82, 2.24) is 9.97 Å². The van der Waals surface area contributed by atoms with Gasteiger partial charge in [-0.2, -0.15) is 0 Å². The molecule has 2 heterocycles. The molecular formula is C13H16BrN3O. The first kappa shape index (κ1) is 13.1. The van der Waals surface area contributed by atoms with Crippen LogP contribution in [0, 0.1) is 12.8 Å². The smallest absolute Gasteiger partial charge is 0.197 e. The lowest BCUT2D eigenvalue weighted by atomic mass is 10.1. The minimum atomic E-state index is 0.449. The molecule has 2 N–H and O–H groups in total. The van der Waals surface area contributed by atoms with Crippen molar-refractivity contribution in [2.75, 3.05) is 5.73 Å². The fourth-order valence-electron chi connectivity index (χ4n) is 1.70. The zero-order valence-corrected chi connectivity index (χ0v) is 12.3. The first-order chi connectivity index (χ1) is 8.47. The van der Waals surface area contributed by atoms with Gasteiger partial charge in [-0.3, -0.25) is 0 Å². The monoisotopic (exact) mass is 309 g/mol. The summed E-state index contributed by atoms with van der Waals surface area (Å²) in [5.41, 5.74) is 6.82. The Balaban J connectivity index is 2.46. The molecule has 96 valence electrons.